The van der Waals surface area contributed by atoms with Gasteiger partial charge in [0.2, 0.25) is 0 Å². The lowest BCUT2D eigenvalue weighted by Gasteiger charge is -2.23. The molecule has 5 nitrogen and oxygen atoms in total. The fraction of sp³-hybridized carbons (Fsp3) is 0.400. The predicted octanol–water partition coefficient (Wildman–Crippen LogP) is 4.18. The van der Waals surface area contributed by atoms with Gasteiger partial charge in [-0.25, -0.2) is 8.42 Å². The van der Waals surface area contributed by atoms with Crippen LogP contribution in [-0.4, -0.2) is 28.6 Å². The monoisotopic (exact) mass is 374 g/mol. The van der Waals surface area contributed by atoms with Crippen molar-refractivity contribution in [2.45, 2.75) is 37.5 Å². The third-order valence-electron chi connectivity index (χ3n) is 4.70. The molecule has 0 amide bonds. The van der Waals surface area contributed by atoms with Gasteiger partial charge in [-0.2, -0.15) is 0 Å². The highest BCUT2D eigenvalue weighted by molar-refractivity contribution is 7.92. The highest BCUT2D eigenvalue weighted by Gasteiger charge is 2.20. The topological polar surface area (TPSA) is 58.6 Å². The van der Waals surface area contributed by atoms with Crippen LogP contribution in [0.5, 0.6) is 5.75 Å². The van der Waals surface area contributed by atoms with E-state index in [-0.39, 0.29) is 4.90 Å². The number of hydrogen-bond donors (Lipinski definition) is 1. The van der Waals surface area contributed by atoms with Crippen molar-refractivity contribution in [3.63, 3.8) is 0 Å². The summed E-state index contributed by atoms with van der Waals surface area (Å²) in [7, 11) is -2.24. The van der Waals surface area contributed by atoms with E-state index in [1.165, 1.54) is 32.8 Å². The van der Waals surface area contributed by atoms with Crippen LogP contribution in [0.4, 0.5) is 11.4 Å². The maximum Gasteiger partial charge on any atom is 0.265 e. The van der Waals surface area contributed by atoms with Gasteiger partial charge in [-0.3, -0.25) is 4.72 Å². The molecule has 0 aromatic heterocycles. The fourth-order valence-corrected chi connectivity index (χ4v) is 4.59. The molecular weight excluding hydrogens is 348 g/mol. The number of anilines is 2. The first kappa shape index (κ1) is 18.6. The molecule has 0 atom stereocenters. The normalized spacial score (nSPS) is 15.4. The second-order valence-electron chi connectivity index (χ2n) is 6.71. The first-order chi connectivity index (χ1) is 12.5. The highest BCUT2D eigenvalue weighted by atomic mass is 32.2. The van der Waals surface area contributed by atoms with Crippen molar-refractivity contribution in [3.8, 4) is 5.75 Å². The summed E-state index contributed by atoms with van der Waals surface area (Å²) in [5.41, 5.74) is 2.55. The summed E-state index contributed by atoms with van der Waals surface area (Å²) in [4.78, 5) is 2.52. The SMILES string of the molecule is COc1ccc(C)cc1S(=O)(=O)Nc1ccc(N2CCCCCC2)cc1. The Morgan fingerprint density at radius 1 is 0.962 bits per heavy atom. The van der Waals surface area contributed by atoms with Gasteiger partial charge in [0.15, 0.2) is 0 Å². The summed E-state index contributed by atoms with van der Waals surface area (Å²) in [6.45, 7) is 3.98. The Labute approximate surface area is 156 Å². The Hall–Kier alpha value is -2.21. The molecule has 0 spiro atoms. The Morgan fingerprint density at radius 2 is 1.62 bits per heavy atom. The van der Waals surface area contributed by atoms with E-state index in [1.54, 1.807) is 12.1 Å². The number of benzene rings is 2. The molecule has 0 aliphatic carbocycles. The number of hydrogen-bond acceptors (Lipinski definition) is 4. The van der Waals surface area contributed by atoms with Crippen LogP contribution in [0.2, 0.25) is 0 Å². The number of ether oxygens (including phenoxy) is 1. The number of sulfonamides is 1. The van der Waals surface area contributed by atoms with Crippen LogP contribution >= 0.6 is 0 Å². The minimum absolute atomic E-state index is 0.150. The van der Waals surface area contributed by atoms with Gasteiger partial charge in [0.05, 0.1) is 7.11 Å². The van der Waals surface area contributed by atoms with E-state index in [2.05, 4.69) is 9.62 Å². The molecule has 2 aromatic carbocycles. The number of aryl methyl sites for hydroxylation is 1. The first-order valence-electron chi connectivity index (χ1n) is 9.02. The van der Waals surface area contributed by atoms with E-state index in [9.17, 15) is 8.42 Å². The summed E-state index contributed by atoms with van der Waals surface area (Å²) >= 11 is 0. The van der Waals surface area contributed by atoms with Gasteiger partial charge in [0.1, 0.15) is 10.6 Å². The molecule has 1 aliphatic heterocycles. The Balaban J connectivity index is 1.79. The largest absolute Gasteiger partial charge is 0.495 e. The van der Waals surface area contributed by atoms with Gasteiger partial charge >= 0.3 is 0 Å². The minimum Gasteiger partial charge on any atom is -0.495 e. The molecule has 140 valence electrons. The molecule has 6 heteroatoms. The quantitative estimate of drug-likeness (QED) is 0.853. The molecule has 1 heterocycles. The van der Waals surface area contributed by atoms with Crippen LogP contribution in [-0.2, 0) is 10.0 Å². The second-order valence-corrected chi connectivity index (χ2v) is 8.36. The Kier molecular flexibility index (Phi) is 5.71. The first-order valence-corrected chi connectivity index (χ1v) is 10.5. The molecule has 2 aromatic rings. The van der Waals surface area contributed by atoms with Gasteiger partial charge in [0, 0.05) is 24.5 Å². The van der Waals surface area contributed by atoms with Crippen molar-refractivity contribution in [1.82, 2.24) is 0 Å². The van der Waals surface area contributed by atoms with Gasteiger partial charge in [-0.1, -0.05) is 18.9 Å². The molecule has 0 saturated carbocycles. The van der Waals surface area contributed by atoms with Crippen molar-refractivity contribution < 1.29 is 13.2 Å². The molecule has 3 rings (SSSR count). The molecule has 0 bridgehead atoms. The average Bonchev–Trinajstić information content (AvgIpc) is 2.91. The van der Waals surface area contributed by atoms with Gasteiger partial charge in [-0.05, 0) is 61.7 Å². The van der Waals surface area contributed by atoms with E-state index < -0.39 is 10.0 Å². The molecule has 0 radical (unpaired) electrons. The van der Waals surface area contributed by atoms with Crippen molar-refractivity contribution in [1.29, 1.82) is 0 Å². The van der Waals surface area contributed by atoms with Crippen LogP contribution in [0.1, 0.15) is 31.2 Å². The minimum atomic E-state index is -3.71. The van der Waals surface area contributed by atoms with Crippen molar-refractivity contribution in [2.24, 2.45) is 0 Å². The smallest absolute Gasteiger partial charge is 0.265 e. The predicted molar refractivity (Wildman–Crippen MR) is 106 cm³/mol. The lowest BCUT2D eigenvalue weighted by Crippen LogP contribution is -2.23. The zero-order chi connectivity index (χ0) is 18.6. The standard InChI is InChI=1S/C20H26N2O3S/c1-16-7-12-19(25-2)20(15-16)26(23,24)21-17-8-10-18(11-9-17)22-13-5-3-4-6-14-22/h7-12,15,21H,3-6,13-14H2,1-2H3. The summed E-state index contributed by atoms with van der Waals surface area (Å²) in [5, 5.41) is 0. The Bertz CT molecular complexity index is 840. The van der Waals surface area contributed by atoms with E-state index in [0.717, 1.165) is 24.3 Å². The summed E-state index contributed by atoms with van der Waals surface area (Å²) in [6, 6.07) is 12.7. The van der Waals surface area contributed by atoms with Crippen molar-refractivity contribution in [2.75, 3.05) is 29.8 Å². The third kappa shape index (κ3) is 4.30. The number of rotatable bonds is 5. The zero-order valence-electron chi connectivity index (χ0n) is 15.4. The lowest BCUT2D eigenvalue weighted by molar-refractivity contribution is 0.402. The fourth-order valence-electron chi connectivity index (χ4n) is 3.27. The lowest BCUT2D eigenvalue weighted by atomic mass is 10.2. The summed E-state index contributed by atoms with van der Waals surface area (Å²) in [5.74, 6) is 0.337. The van der Waals surface area contributed by atoms with Crippen molar-refractivity contribution in [3.05, 3.63) is 48.0 Å². The molecule has 1 N–H and O–H groups in total. The van der Waals surface area contributed by atoms with E-state index in [0.29, 0.717) is 11.4 Å². The van der Waals surface area contributed by atoms with E-state index in [1.807, 2.05) is 37.3 Å². The molecule has 1 aliphatic rings. The van der Waals surface area contributed by atoms with Crippen LogP contribution in [0.25, 0.3) is 0 Å². The highest BCUT2D eigenvalue weighted by Crippen LogP contribution is 2.28. The summed E-state index contributed by atoms with van der Waals surface area (Å²) in [6.07, 6.45) is 4.99. The van der Waals surface area contributed by atoms with E-state index in [4.69, 9.17) is 4.74 Å². The number of nitrogens with one attached hydrogen (secondary N) is 1. The van der Waals surface area contributed by atoms with Gasteiger partial charge in [0.25, 0.3) is 10.0 Å². The second kappa shape index (κ2) is 7.99. The molecule has 0 unspecified atom stereocenters. The number of nitrogens with zero attached hydrogens (tertiary/aromatic N) is 1. The third-order valence-corrected chi connectivity index (χ3v) is 6.10. The van der Waals surface area contributed by atoms with Crippen molar-refractivity contribution >= 4 is 21.4 Å². The molecule has 26 heavy (non-hydrogen) atoms. The summed E-state index contributed by atoms with van der Waals surface area (Å²) < 4.78 is 33.4. The van der Waals surface area contributed by atoms with Gasteiger partial charge < -0.3 is 9.64 Å². The maximum absolute atomic E-state index is 12.8. The van der Waals surface area contributed by atoms with Crippen LogP contribution in [0, 0.1) is 6.92 Å². The van der Waals surface area contributed by atoms with Crippen LogP contribution < -0.4 is 14.4 Å². The Morgan fingerprint density at radius 3 is 2.23 bits per heavy atom. The molecule has 1 fully saturated rings. The average molecular weight is 375 g/mol. The zero-order valence-corrected chi connectivity index (χ0v) is 16.2. The van der Waals surface area contributed by atoms with Gasteiger partial charge in [-0.15, -0.1) is 0 Å². The van der Waals surface area contributed by atoms with Crippen LogP contribution in [0.15, 0.2) is 47.4 Å². The molecule has 1 saturated heterocycles. The van der Waals surface area contributed by atoms with Crippen LogP contribution in [0.3, 0.4) is 0 Å². The molecular formula is C20H26N2O3S. The maximum atomic E-state index is 12.8. The van der Waals surface area contributed by atoms with E-state index >= 15 is 0 Å². The number of methoxy groups -OCH3 is 1.